The lowest BCUT2D eigenvalue weighted by Crippen LogP contribution is -2.42. The highest BCUT2D eigenvalue weighted by Gasteiger charge is 2.32. The highest BCUT2D eigenvalue weighted by molar-refractivity contribution is 7.89. The summed E-state index contributed by atoms with van der Waals surface area (Å²) in [6.07, 6.45) is 0.912. The average molecular weight is 471 g/mol. The molecule has 1 fully saturated rings. The van der Waals surface area contributed by atoms with Gasteiger partial charge in [0.05, 0.1) is 18.6 Å². The number of aromatic nitrogens is 2. The standard InChI is InChI=1S/C23H26N4O5S/c1-16-3-9-20(10-4-16)33(29,30)27-13-11-18(12-14-27)23(28)24-15-21-25-22(26-32-21)17-5-7-19(31-2)8-6-17/h3-10,18H,11-15H2,1-2H3,(H,24,28). The Morgan fingerprint density at radius 2 is 1.79 bits per heavy atom. The van der Waals surface area contributed by atoms with Gasteiger partial charge in [-0.05, 0) is 56.2 Å². The summed E-state index contributed by atoms with van der Waals surface area (Å²) >= 11 is 0. The minimum atomic E-state index is -3.55. The maximum Gasteiger partial charge on any atom is 0.246 e. The van der Waals surface area contributed by atoms with E-state index in [2.05, 4.69) is 15.5 Å². The Morgan fingerprint density at radius 1 is 1.12 bits per heavy atom. The second-order valence-corrected chi connectivity index (χ2v) is 9.89. The van der Waals surface area contributed by atoms with Crippen molar-refractivity contribution in [3.8, 4) is 17.1 Å². The van der Waals surface area contributed by atoms with E-state index in [1.54, 1.807) is 43.5 Å². The minimum Gasteiger partial charge on any atom is -0.497 e. The number of methoxy groups -OCH3 is 1. The molecular formula is C23H26N4O5S. The summed E-state index contributed by atoms with van der Waals surface area (Å²) in [6, 6.07) is 14.1. The Labute approximate surface area is 192 Å². The van der Waals surface area contributed by atoms with Crippen LogP contribution in [0.1, 0.15) is 24.3 Å². The Bertz CT molecular complexity index is 1200. The number of aryl methyl sites for hydroxylation is 1. The predicted molar refractivity (Wildman–Crippen MR) is 121 cm³/mol. The third-order valence-electron chi connectivity index (χ3n) is 5.71. The molecule has 0 spiro atoms. The summed E-state index contributed by atoms with van der Waals surface area (Å²) in [7, 11) is -1.96. The fourth-order valence-electron chi connectivity index (χ4n) is 3.71. The zero-order valence-electron chi connectivity index (χ0n) is 18.5. The van der Waals surface area contributed by atoms with Crippen LogP contribution in [-0.2, 0) is 21.4 Å². The third kappa shape index (κ3) is 5.23. The van der Waals surface area contributed by atoms with Crippen LogP contribution in [0, 0.1) is 12.8 Å². The molecule has 1 N–H and O–H groups in total. The SMILES string of the molecule is COc1ccc(-c2noc(CNC(=O)C3CCN(S(=O)(=O)c4ccc(C)cc4)CC3)n2)cc1. The molecule has 1 aliphatic heterocycles. The van der Waals surface area contributed by atoms with Crippen molar-refractivity contribution in [2.45, 2.75) is 31.2 Å². The number of hydrogen-bond acceptors (Lipinski definition) is 7. The lowest BCUT2D eigenvalue weighted by Gasteiger charge is -2.30. The van der Waals surface area contributed by atoms with Gasteiger partial charge in [-0.25, -0.2) is 8.42 Å². The molecule has 1 amide bonds. The van der Waals surface area contributed by atoms with Crippen molar-refractivity contribution >= 4 is 15.9 Å². The summed E-state index contributed by atoms with van der Waals surface area (Å²) in [5.74, 6) is 1.04. The van der Waals surface area contributed by atoms with E-state index in [0.29, 0.717) is 37.6 Å². The predicted octanol–water partition coefficient (Wildman–Crippen LogP) is 2.77. The van der Waals surface area contributed by atoms with Gasteiger partial charge in [-0.1, -0.05) is 22.9 Å². The number of sulfonamides is 1. The Balaban J connectivity index is 1.29. The van der Waals surface area contributed by atoms with Crippen LogP contribution in [0.2, 0.25) is 0 Å². The fourth-order valence-corrected chi connectivity index (χ4v) is 5.18. The summed E-state index contributed by atoms with van der Waals surface area (Å²) in [4.78, 5) is 17.2. The van der Waals surface area contributed by atoms with Crippen molar-refractivity contribution in [2.75, 3.05) is 20.2 Å². The molecule has 0 radical (unpaired) electrons. The summed E-state index contributed by atoms with van der Waals surface area (Å²) < 4.78 is 37.5. The van der Waals surface area contributed by atoms with Crippen LogP contribution in [0.25, 0.3) is 11.4 Å². The maximum absolute atomic E-state index is 12.8. The van der Waals surface area contributed by atoms with Crippen molar-refractivity contribution < 1.29 is 22.5 Å². The quantitative estimate of drug-likeness (QED) is 0.565. The normalized spacial score (nSPS) is 15.3. The van der Waals surface area contributed by atoms with E-state index < -0.39 is 10.0 Å². The Kier molecular flexibility index (Phi) is 6.75. The lowest BCUT2D eigenvalue weighted by atomic mass is 9.97. The van der Waals surface area contributed by atoms with Crippen molar-refractivity contribution in [3.63, 3.8) is 0 Å². The first kappa shape index (κ1) is 22.9. The van der Waals surface area contributed by atoms with Crippen molar-refractivity contribution in [1.82, 2.24) is 19.8 Å². The van der Waals surface area contributed by atoms with Gasteiger partial charge in [-0.2, -0.15) is 9.29 Å². The van der Waals surface area contributed by atoms with Gasteiger partial charge in [0.25, 0.3) is 0 Å². The van der Waals surface area contributed by atoms with Crippen LogP contribution in [-0.4, -0.2) is 49.0 Å². The van der Waals surface area contributed by atoms with Gasteiger partial charge in [0.2, 0.25) is 27.6 Å². The molecule has 2 aromatic carbocycles. The van der Waals surface area contributed by atoms with Crippen molar-refractivity contribution in [1.29, 1.82) is 0 Å². The number of rotatable bonds is 7. The van der Waals surface area contributed by atoms with Crippen LogP contribution in [0.4, 0.5) is 0 Å². The number of nitrogens with zero attached hydrogens (tertiary/aromatic N) is 3. The zero-order chi connectivity index (χ0) is 23.4. The van der Waals surface area contributed by atoms with Gasteiger partial charge in [0, 0.05) is 24.6 Å². The number of hydrogen-bond donors (Lipinski definition) is 1. The molecule has 1 saturated heterocycles. The van der Waals surface area contributed by atoms with Crippen LogP contribution < -0.4 is 10.1 Å². The van der Waals surface area contributed by atoms with E-state index in [1.165, 1.54) is 4.31 Å². The molecule has 33 heavy (non-hydrogen) atoms. The molecule has 2 heterocycles. The minimum absolute atomic E-state index is 0.115. The van der Waals surface area contributed by atoms with Gasteiger partial charge in [-0.3, -0.25) is 4.79 Å². The molecule has 9 nitrogen and oxygen atoms in total. The molecule has 0 aliphatic carbocycles. The largest absolute Gasteiger partial charge is 0.497 e. The van der Waals surface area contributed by atoms with E-state index in [0.717, 1.165) is 16.9 Å². The number of carbonyl (C=O) groups is 1. The number of nitrogens with one attached hydrogen (secondary N) is 1. The van der Waals surface area contributed by atoms with Crippen LogP contribution in [0.3, 0.4) is 0 Å². The average Bonchev–Trinajstić information content (AvgIpc) is 3.32. The maximum atomic E-state index is 12.8. The number of piperidine rings is 1. The van der Waals surface area contributed by atoms with E-state index >= 15 is 0 Å². The lowest BCUT2D eigenvalue weighted by molar-refractivity contribution is -0.126. The van der Waals surface area contributed by atoms with E-state index in [-0.39, 0.29) is 23.3 Å². The monoisotopic (exact) mass is 470 g/mol. The van der Waals surface area contributed by atoms with E-state index in [4.69, 9.17) is 9.26 Å². The molecular weight excluding hydrogens is 444 g/mol. The van der Waals surface area contributed by atoms with Gasteiger partial charge < -0.3 is 14.6 Å². The molecule has 10 heteroatoms. The van der Waals surface area contributed by atoms with Crippen molar-refractivity contribution in [3.05, 3.63) is 60.0 Å². The topological polar surface area (TPSA) is 115 Å². The van der Waals surface area contributed by atoms with E-state index in [9.17, 15) is 13.2 Å². The van der Waals surface area contributed by atoms with Gasteiger partial charge in [-0.15, -0.1) is 0 Å². The molecule has 0 bridgehead atoms. The second-order valence-electron chi connectivity index (χ2n) is 7.95. The van der Waals surface area contributed by atoms with Crippen LogP contribution in [0.5, 0.6) is 5.75 Å². The van der Waals surface area contributed by atoms with Gasteiger partial charge in [0.1, 0.15) is 5.75 Å². The smallest absolute Gasteiger partial charge is 0.246 e. The summed E-state index contributed by atoms with van der Waals surface area (Å²) in [5.41, 5.74) is 1.78. The highest BCUT2D eigenvalue weighted by Crippen LogP contribution is 2.24. The molecule has 1 aliphatic rings. The molecule has 174 valence electrons. The fraction of sp³-hybridized carbons (Fsp3) is 0.348. The van der Waals surface area contributed by atoms with Crippen molar-refractivity contribution in [2.24, 2.45) is 5.92 Å². The second kappa shape index (κ2) is 9.72. The Morgan fingerprint density at radius 3 is 2.42 bits per heavy atom. The number of benzene rings is 2. The number of amides is 1. The molecule has 4 rings (SSSR count). The van der Waals surface area contributed by atoms with Gasteiger partial charge in [0.15, 0.2) is 0 Å². The third-order valence-corrected chi connectivity index (χ3v) is 7.63. The van der Waals surface area contributed by atoms with Gasteiger partial charge >= 0.3 is 0 Å². The molecule has 3 aromatic rings. The zero-order valence-corrected chi connectivity index (χ0v) is 19.3. The Hall–Kier alpha value is -3.24. The summed E-state index contributed by atoms with van der Waals surface area (Å²) in [6.45, 7) is 2.63. The molecule has 1 aromatic heterocycles. The molecule has 0 atom stereocenters. The van der Waals surface area contributed by atoms with Crippen LogP contribution in [0.15, 0.2) is 57.9 Å². The number of carbonyl (C=O) groups excluding carboxylic acids is 1. The molecule has 0 unspecified atom stereocenters. The number of ether oxygens (including phenoxy) is 1. The highest BCUT2D eigenvalue weighted by atomic mass is 32.2. The van der Waals surface area contributed by atoms with Crippen LogP contribution >= 0.6 is 0 Å². The first-order chi connectivity index (χ1) is 15.9. The van der Waals surface area contributed by atoms with E-state index in [1.807, 2.05) is 19.1 Å². The first-order valence-corrected chi connectivity index (χ1v) is 12.1. The first-order valence-electron chi connectivity index (χ1n) is 10.7. The summed E-state index contributed by atoms with van der Waals surface area (Å²) in [5, 5.41) is 6.77. The molecule has 0 saturated carbocycles.